The number of hydrogen-bond donors (Lipinski definition) is 0. The van der Waals surface area contributed by atoms with Gasteiger partial charge in [0, 0.05) is 26.2 Å². The molecule has 1 atom stereocenters. The first-order valence-electron chi connectivity index (χ1n) is 9.29. The molecule has 0 aromatic heterocycles. The predicted octanol–water partition coefficient (Wildman–Crippen LogP) is 3.99. The fourth-order valence-electron chi connectivity index (χ4n) is 4.06. The van der Waals surface area contributed by atoms with E-state index in [4.69, 9.17) is 0 Å². The molecule has 0 N–H and O–H groups in total. The van der Waals surface area contributed by atoms with Gasteiger partial charge in [0.2, 0.25) is 11.8 Å². The number of amides is 2. The number of benzene rings is 1. The van der Waals surface area contributed by atoms with E-state index in [9.17, 15) is 9.59 Å². The third-order valence-corrected chi connectivity index (χ3v) is 5.76. The van der Waals surface area contributed by atoms with Gasteiger partial charge >= 0.3 is 0 Å². The van der Waals surface area contributed by atoms with Gasteiger partial charge in [-0.15, -0.1) is 0 Å². The van der Waals surface area contributed by atoms with E-state index in [1.165, 1.54) is 12.8 Å². The summed E-state index contributed by atoms with van der Waals surface area (Å²) in [6.45, 7) is 3.84. The van der Waals surface area contributed by atoms with Gasteiger partial charge < -0.3 is 9.80 Å². The summed E-state index contributed by atoms with van der Waals surface area (Å²) < 4.78 is 0. The topological polar surface area (TPSA) is 40.6 Å². The molecule has 4 nitrogen and oxygen atoms in total. The van der Waals surface area contributed by atoms with Gasteiger partial charge in [-0.25, -0.2) is 0 Å². The van der Waals surface area contributed by atoms with Crippen LogP contribution in [0.1, 0.15) is 63.1 Å². The van der Waals surface area contributed by atoms with E-state index in [2.05, 4.69) is 6.92 Å². The van der Waals surface area contributed by atoms with Gasteiger partial charge in [-0.2, -0.15) is 0 Å². The average molecular weight is 340 g/mol. The molecule has 1 unspecified atom stereocenters. The Morgan fingerprint density at radius 3 is 2.52 bits per heavy atom. The van der Waals surface area contributed by atoms with Gasteiger partial charge in [-0.3, -0.25) is 9.59 Å². The van der Waals surface area contributed by atoms with Crippen molar-refractivity contribution < 1.29 is 9.59 Å². The first kappa shape index (κ1) is 17.7. The standard InChI is InChI=1S/C21H28N2O2/c1-15-8-10-18(11-9-15)22(3)21(25)14-20-19-7-5-4-6-17(19)12-13-23(20)16(2)24/h4-7,12-13,15,18,20H,8-11,14H2,1-3H3. The van der Waals surface area contributed by atoms with Crippen LogP contribution in [0.3, 0.4) is 0 Å². The maximum absolute atomic E-state index is 12.9. The smallest absolute Gasteiger partial charge is 0.225 e. The fraction of sp³-hybridized carbons (Fsp3) is 0.524. The number of carbonyl (C=O) groups is 2. The summed E-state index contributed by atoms with van der Waals surface area (Å²) in [6, 6.07) is 8.14. The second-order valence-electron chi connectivity index (χ2n) is 7.51. The van der Waals surface area contributed by atoms with Crippen molar-refractivity contribution in [3.8, 4) is 0 Å². The zero-order valence-corrected chi connectivity index (χ0v) is 15.4. The SMILES string of the molecule is CC(=O)N1C=Cc2ccccc2C1CC(=O)N(C)C1CCC(C)CC1. The number of carbonyl (C=O) groups excluding carboxylic acids is 2. The van der Waals surface area contributed by atoms with Crippen molar-refractivity contribution in [1.82, 2.24) is 9.80 Å². The predicted molar refractivity (Wildman–Crippen MR) is 99.5 cm³/mol. The Bertz CT molecular complexity index is 674. The van der Waals surface area contributed by atoms with Gasteiger partial charge in [0.15, 0.2) is 0 Å². The fourth-order valence-corrected chi connectivity index (χ4v) is 4.06. The molecule has 1 aliphatic carbocycles. The van der Waals surface area contributed by atoms with Crippen molar-refractivity contribution in [3.05, 3.63) is 41.6 Å². The molecule has 1 fully saturated rings. The maximum atomic E-state index is 12.9. The molecule has 25 heavy (non-hydrogen) atoms. The van der Waals surface area contributed by atoms with Crippen molar-refractivity contribution in [3.63, 3.8) is 0 Å². The lowest BCUT2D eigenvalue weighted by atomic mass is 9.86. The van der Waals surface area contributed by atoms with Crippen LogP contribution >= 0.6 is 0 Å². The molecular weight excluding hydrogens is 312 g/mol. The lowest BCUT2D eigenvalue weighted by Crippen LogP contribution is -2.41. The van der Waals surface area contributed by atoms with E-state index < -0.39 is 0 Å². The van der Waals surface area contributed by atoms with Gasteiger partial charge in [0.25, 0.3) is 0 Å². The van der Waals surface area contributed by atoms with Crippen molar-refractivity contribution in [2.24, 2.45) is 5.92 Å². The maximum Gasteiger partial charge on any atom is 0.225 e. The minimum atomic E-state index is -0.212. The molecular formula is C21H28N2O2. The molecule has 2 amide bonds. The quantitative estimate of drug-likeness (QED) is 0.835. The van der Waals surface area contributed by atoms with Gasteiger partial charge in [0.1, 0.15) is 0 Å². The van der Waals surface area contributed by atoms with Gasteiger partial charge in [-0.1, -0.05) is 31.2 Å². The summed E-state index contributed by atoms with van der Waals surface area (Å²) in [5, 5.41) is 0. The molecule has 134 valence electrons. The molecule has 1 heterocycles. The summed E-state index contributed by atoms with van der Waals surface area (Å²) >= 11 is 0. The Hall–Kier alpha value is -2.10. The monoisotopic (exact) mass is 340 g/mol. The lowest BCUT2D eigenvalue weighted by Gasteiger charge is -2.37. The summed E-state index contributed by atoms with van der Waals surface area (Å²) in [7, 11) is 1.92. The molecule has 1 aromatic rings. The molecule has 1 saturated carbocycles. The van der Waals surface area contributed by atoms with Crippen molar-refractivity contribution in [1.29, 1.82) is 0 Å². The molecule has 1 aliphatic heterocycles. The minimum Gasteiger partial charge on any atom is -0.343 e. The molecule has 0 bridgehead atoms. The summed E-state index contributed by atoms with van der Waals surface area (Å²) in [5.74, 6) is 0.863. The van der Waals surface area contributed by atoms with Crippen LogP contribution in [0.2, 0.25) is 0 Å². The van der Waals surface area contributed by atoms with Crippen LogP contribution < -0.4 is 0 Å². The van der Waals surface area contributed by atoms with E-state index in [0.717, 1.165) is 29.9 Å². The van der Waals surface area contributed by atoms with Gasteiger partial charge in [-0.05, 0) is 48.8 Å². The lowest BCUT2D eigenvalue weighted by molar-refractivity contribution is -0.135. The largest absolute Gasteiger partial charge is 0.343 e. The molecule has 4 heteroatoms. The highest BCUT2D eigenvalue weighted by molar-refractivity contribution is 5.82. The summed E-state index contributed by atoms with van der Waals surface area (Å²) in [5.41, 5.74) is 2.14. The summed E-state index contributed by atoms with van der Waals surface area (Å²) in [6.07, 6.45) is 8.65. The number of nitrogens with zero attached hydrogens (tertiary/aromatic N) is 2. The van der Waals surface area contributed by atoms with Crippen LogP contribution in [0.5, 0.6) is 0 Å². The Labute approximate surface area is 150 Å². The molecule has 3 rings (SSSR count). The first-order valence-corrected chi connectivity index (χ1v) is 9.29. The van der Waals surface area contributed by atoms with Crippen LogP contribution in [0.4, 0.5) is 0 Å². The second-order valence-corrected chi connectivity index (χ2v) is 7.51. The normalized spacial score (nSPS) is 25.4. The Morgan fingerprint density at radius 1 is 1.16 bits per heavy atom. The van der Waals surface area contributed by atoms with Crippen LogP contribution in [0.15, 0.2) is 30.5 Å². The highest BCUT2D eigenvalue weighted by Gasteiger charge is 2.31. The van der Waals surface area contributed by atoms with E-state index in [1.807, 2.05) is 48.5 Å². The second kappa shape index (κ2) is 7.42. The third kappa shape index (κ3) is 3.78. The number of rotatable bonds is 3. The van der Waals surface area contributed by atoms with Crippen molar-refractivity contribution in [2.45, 2.75) is 58.0 Å². The van der Waals surface area contributed by atoms with Crippen LogP contribution in [0.25, 0.3) is 6.08 Å². The van der Waals surface area contributed by atoms with Crippen molar-refractivity contribution in [2.75, 3.05) is 7.05 Å². The van der Waals surface area contributed by atoms with Gasteiger partial charge in [0.05, 0.1) is 12.5 Å². The Morgan fingerprint density at radius 2 is 1.84 bits per heavy atom. The number of hydrogen-bond acceptors (Lipinski definition) is 2. The minimum absolute atomic E-state index is 0.0299. The molecule has 2 aliphatic rings. The highest BCUT2D eigenvalue weighted by Crippen LogP contribution is 2.34. The van der Waals surface area contributed by atoms with E-state index in [1.54, 1.807) is 11.8 Å². The molecule has 1 aromatic carbocycles. The van der Waals surface area contributed by atoms with E-state index >= 15 is 0 Å². The zero-order chi connectivity index (χ0) is 18.0. The first-order chi connectivity index (χ1) is 12.0. The molecule has 0 radical (unpaired) electrons. The molecule has 0 saturated heterocycles. The van der Waals surface area contributed by atoms with Crippen LogP contribution in [0, 0.1) is 5.92 Å². The summed E-state index contributed by atoms with van der Waals surface area (Å²) in [4.78, 5) is 28.6. The van der Waals surface area contributed by atoms with Crippen LogP contribution in [-0.2, 0) is 9.59 Å². The average Bonchev–Trinajstić information content (AvgIpc) is 2.61. The van der Waals surface area contributed by atoms with E-state index in [0.29, 0.717) is 12.5 Å². The zero-order valence-electron chi connectivity index (χ0n) is 15.4. The highest BCUT2D eigenvalue weighted by atomic mass is 16.2. The molecule has 0 spiro atoms. The Balaban J connectivity index is 1.76. The number of fused-ring (bicyclic) bond motifs is 1. The van der Waals surface area contributed by atoms with E-state index in [-0.39, 0.29) is 17.9 Å². The third-order valence-electron chi connectivity index (χ3n) is 5.76. The van der Waals surface area contributed by atoms with Crippen LogP contribution in [-0.4, -0.2) is 34.7 Å². The Kier molecular flexibility index (Phi) is 5.26. The van der Waals surface area contributed by atoms with Crippen molar-refractivity contribution >= 4 is 17.9 Å².